The maximum absolute atomic E-state index is 4.14. The van der Waals surface area contributed by atoms with Crippen molar-refractivity contribution in [2.45, 2.75) is 53.2 Å². The van der Waals surface area contributed by atoms with Crippen LogP contribution < -0.4 is 5.32 Å². The van der Waals surface area contributed by atoms with Crippen LogP contribution in [0.3, 0.4) is 0 Å². The highest BCUT2D eigenvalue weighted by molar-refractivity contribution is 7.10. The molecule has 0 aliphatic rings. The monoisotopic (exact) mass is 291 g/mol. The Kier molecular flexibility index (Phi) is 4.66. The lowest BCUT2D eigenvalue weighted by atomic mass is 9.86. The number of hydrogen-bond donors (Lipinski definition) is 1. The normalized spacial score (nSPS) is 15.2. The zero-order valence-corrected chi connectivity index (χ0v) is 13.9. The number of aromatic nitrogens is 2. The maximum Gasteiger partial charge on any atom is 0.0946 e. The fourth-order valence-corrected chi connectivity index (χ4v) is 3.33. The van der Waals surface area contributed by atoms with Crippen LogP contribution in [0.2, 0.25) is 0 Å². The molecule has 20 heavy (non-hydrogen) atoms. The third-order valence-corrected chi connectivity index (χ3v) is 4.95. The molecule has 3 nitrogen and oxygen atoms in total. The second kappa shape index (κ2) is 6.10. The van der Waals surface area contributed by atoms with Crippen LogP contribution in [0.15, 0.2) is 30.2 Å². The SMILES string of the molecule is Cc1ccsc1C(C)NC(Cn1ccnc1)C(C)(C)C. The Balaban J connectivity index is 2.10. The zero-order chi connectivity index (χ0) is 14.8. The minimum absolute atomic E-state index is 0.198. The van der Waals surface area contributed by atoms with Crippen molar-refractivity contribution in [3.05, 3.63) is 40.6 Å². The maximum atomic E-state index is 4.14. The van der Waals surface area contributed by atoms with Gasteiger partial charge in [0.15, 0.2) is 0 Å². The smallest absolute Gasteiger partial charge is 0.0946 e. The van der Waals surface area contributed by atoms with Crippen LogP contribution in [0.25, 0.3) is 0 Å². The van der Waals surface area contributed by atoms with Gasteiger partial charge in [0.25, 0.3) is 0 Å². The summed E-state index contributed by atoms with van der Waals surface area (Å²) < 4.78 is 2.15. The number of rotatable bonds is 5. The first kappa shape index (κ1) is 15.3. The summed E-state index contributed by atoms with van der Waals surface area (Å²) in [5, 5.41) is 5.97. The van der Waals surface area contributed by atoms with E-state index >= 15 is 0 Å². The predicted octanol–water partition coefficient (Wildman–Crippen LogP) is 4.02. The van der Waals surface area contributed by atoms with Crippen molar-refractivity contribution in [1.29, 1.82) is 0 Å². The molecule has 0 aliphatic heterocycles. The van der Waals surface area contributed by atoms with Crippen molar-refractivity contribution in [2.24, 2.45) is 5.41 Å². The number of thiophene rings is 1. The van der Waals surface area contributed by atoms with Gasteiger partial charge in [-0.1, -0.05) is 20.8 Å². The molecule has 0 radical (unpaired) electrons. The topological polar surface area (TPSA) is 29.9 Å². The molecule has 1 N–H and O–H groups in total. The van der Waals surface area contributed by atoms with Crippen LogP contribution in [-0.4, -0.2) is 15.6 Å². The van der Waals surface area contributed by atoms with Gasteiger partial charge in [-0.3, -0.25) is 0 Å². The van der Waals surface area contributed by atoms with E-state index in [1.807, 2.05) is 30.1 Å². The highest BCUT2D eigenvalue weighted by Crippen LogP contribution is 2.28. The molecule has 110 valence electrons. The Morgan fingerprint density at radius 1 is 1.40 bits per heavy atom. The number of imidazole rings is 1. The zero-order valence-electron chi connectivity index (χ0n) is 13.1. The van der Waals surface area contributed by atoms with Gasteiger partial charge in [-0.2, -0.15) is 0 Å². The Bertz CT molecular complexity index is 522. The molecule has 0 saturated heterocycles. The van der Waals surface area contributed by atoms with E-state index in [1.165, 1.54) is 10.4 Å². The van der Waals surface area contributed by atoms with Crippen molar-refractivity contribution >= 4 is 11.3 Å². The van der Waals surface area contributed by atoms with Crippen molar-refractivity contribution < 1.29 is 0 Å². The van der Waals surface area contributed by atoms with E-state index in [1.54, 1.807) is 0 Å². The van der Waals surface area contributed by atoms with E-state index in [0.29, 0.717) is 12.1 Å². The summed E-state index contributed by atoms with van der Waals surface area (Å²) in [6.45, 7) is 12.2. The van der Waals surface area contributed by atoms with Gasteiger partial charge in [-0.05, 0) is 36.3 Å². The lowest BCUT2D eigenvalue weighted by Crippen LogP contribution is -2.44. The first-order chi connectivity index (χ1) is 9.38. The molecule has 4 heteroatoms. The van der Waals surface area contributed by atoms with E-state index in [-0.39, 0.29) is 5.41 Å². The third kappa shape index (κ3) is 3.70. The van der Waals surface area contributed by atoms with Crippen LogP contribution in [0.4, 0.5) is 0 Å². The van der Waals surface area contributed by atoms with Crippen molar-refractivity contribution in [3.63, 3.8) is 0 Å². The molecular formula is C16H25N3S. The molecule has 0 spiro atoms. The summed E-state index contributed by atoms with van der Waals surface area (Å²) in [6, 6.07) is 2.97. The highest BCUT2D eigenvalue weighted by atomic mass is 32.1. The molecule has 2 unspecified atom stereocenters. The molecule has 2 atom stereocenters. The Morgan fingerprint density at radius 2 is 2.15 bits per heavy atom. The molecule has 0 bridgehead atoms. The summed E-state index contributed by atoms with van der Waals surface area (Å²) >= 11 is 1.84. The molecule has 2 heterocycles. The van der Waals surface area contributed by atoms with Crippen LogP contribution in [0.1, 0.15) is 44.2 Å². The Hall–Kier alpha value is -1.13. The van der Waals surface area contributed by atoms with Crippen LogP contribution in [0, 0.1) is 12.3 Å². The van der Waals surface area contributed by atoms with Crippen molar-refractivity contribution in [1.82, 2.24) is 14.9 Å². The van der Waals surface area contributed by atoms with Crippen molar-refractivity contribution in [3.8, 4) is 0 Å². The molecule has 2 aromatic rings. The van der Waals surface area contributed by atoms with E-state index < -0.39 is 0 Å². The van der Waals surface area contributed by atoms with Gasteiger partial charge in [0.05, 0.1) is 6.33 Å². The van der Waals surface area contributed by atoms with E-state index in [4.69, 9.17) is 0 Å². The second-order valence-electron chi connectivity index (χ2n) is 6.53. The average molecular weight is 291 g/mol. The average Bonchev–Trinajstić information content (AvgIpc) is 2.98. The highest BCUT2D eigenvalue weighted by Gasteiger charge is 2.27. The number of aryl methyl sites for hydroxylation is 1. The van der Waals surface area contributed by atoms with Gasteiger partial charge in [0, 0.05) is 35.9 Å². The fraction of sp³-hybridized carbons (Fsp3) is 0.562. The van der Waals surface area contributed by atoms with Crippen molar-refractivity contribution in [2.75, 3.05) is 0 Å². The molecule has 2 aromatic heterocycles. The molecule has 0 aliphatic carbocycles. The van der Waals surface area contributed by atoms with Gasteiger partial charge < -0.3 is 9.88 Å². The fourth-order valence-electron chi connectivity index (χ4n) is 2.39. The van der Waals surface area contributed by atoms with E-state index in [9.17, 15) is 0 Å². The van der Waals surface area contributed by atoms with Gasteiger partial charge >= 0.3 is 0 Å². The molecule has 0 amide bonds. The first-order valence-corrected chi connectivity index (χ1v) is 8.01. The van der Waals surface area contributed by atoms with E-state index in [0.717, 1.165) is 6.54 Å². The van der Waals surface area contributed by atoms with Crippen LogP contribution >= 0.6 is 11.3 Å². The summed E-state index contributed by atoms with van der Waals surface area (Å²) in [6.07, 6.45) is 5.76. The van der Waals surface area contributed by atoms with Gasteiger partial charge in [0.1, 0.15) is 0 Å². The molecule has 0 saturated carbocycles. The minimum Gasteiger partial charge on any atom is -0.336 e. The molecule has 0 fully saturated rings. The summed E-state index contributed by atoms with van der Waals surface area (Å²) in [7, 11) is 0. The standard InChI is InChI=1S/C16H25N3S/c1-12-6-9-20-15(12)13(2)18-14(16(3,4)5)10-19-8-7-17-11-19/h6-9,11,13-14,18H,10H2,1-5H3. The van der Waals surface area contributed by atoms with Crippen LogP contribution in [-0.2, 0) is 6.54 Å². The summed E-state index contributed by atoms with van der Waals surface area (Å²) in [4.78, 5) is 5.57. The summed E-state index contributed by atoms with van der Waals surface area (Å²) in [5.41, 5.74) is 1.58. The number of hydrogen-bond acceptors (Lipinski definition) is 3. The van der Waals surface area contributed by atoms with Gasteiger partial charge in [-0.15, -0.1) is 11.3 Å². The largest absolute Gasteiger partial charge is 0.336 e. The quantitative estimate of drug-likeness (QED) is 0.901. The van der Waals surface area contributed by atoms with E-state index in [2.05, 4.69) is 60.9 Å². The molecule has 2 rings (SSSR count). The lowest BCUT2D eigenvalue weighted by Gasteiger charge is -2.34. The molecular weight excluding hydrogens is 266 g/mol. The van der Waals surface area contributed by atoms with Gasteiger partial charge in [0.2, 0.25) is 0 Å². The van der Waals surface area contributed by atoms with Crippen LogP contribution in [0.5, 0.6) is 0 Å². The minimum atomic E-state index is 0.198. The third-order valence-electron chi connectivity index (χ3n) is 3.74. The number of nitrogens with one attached hydrogen (secondary N) is 1. The number of nitrogens with zero attached hydrogens (tertiary/aromatic N) is 2. The Labute approximate surface area is 126 Å². The second-order valence-corrected chi connectivity index (χ2v) is 7.48. The van der Waals surface area contributed by atoms with Gasteiger partial charge in [-0.25, -0.2) is 4.98 Å². The predicted molar refractivity (Wildman–Crippen MR) is 86.1 cm³/mol. The molecule has 0 aromatic carbocycles. The lowest BCUT2D eigenvalue weighted by molar-refractivity contribution is 0.226. The Morgan fingerprint density at radius 3 is 2.65 bits per heavy atom. The first-order valence-electron chi connectivity index (χ1n) is 7.13. The summed E-state index contributed by atoms with van der Waals surface area (Å²) in [5.74, 6) is 0.